The van der Waals surface area contributed by atoms with Crippen molar-refractivity contribution in [3.05, 3.63) is 40.0 Å². The Labute approximate surface area is 125 Å². The van der Waals surface area contributed by atoms with E-state index in [0.717, 1.165) is 22.6 Å². The largest absolute Gasteiger partial charge is 0.482 e. The van der Waals surface area contributed by atoms with Crippen molar-refractivity contribution in [2.45, 2.75) is 19.4 Å². The monoisotopic (exact) mass is 335 g/mol. The summed E-state index contributed by atoms with van der Waals surface area (Å²) in [5, 5.41) is 0. The summed E-state index contributed by atoms with van der Waals surface area (Å²) < 4.78 is 11.6. The Balaban J connectivity index is 2.31. The molecule has 1 aliphatic rings. The summed E-state index contributed by atoms with van der Waals surface area (Å²) in [5.41, 5.74) is 2.63. The van der Waals surface area contributed by atoms with Crippen LogP contribution < -0.4 is 4.74 Å². The maximum atomic E-state index is 11.9. The van der Waals surface area contributed by atoms with Crippen molar-refractivity contribution < 1.29 is 14.3 Å². The van der Waals surface area contributed by atoms with Crippen molar-refractivity contribution in [1.29, 1.82) is 0 Å². The number of ether oxygens (including phenoxy) is 2. The summed E-state index contributed by atoms with van der Waals surface area (Å²) in [4.78, 5) is 15.0. The van der Waals surface area contributed by atoms with Crippen LogP contribution in [0.2, 0.25) is 0 Å². The molecule has 20 heavy (non-hydrogen) atoms. The zero-order valence-corrected chi connectivity index (χ0v) is 13.0. The van der Waals surface area contributed by atoms with E-state index >= 15 is 0 Å². The lowest BCUT2D eigenvalue weighted by molar-refractivity contribution is 0.0593. The molecule has 0 atom stereocenters. The van der Waals surface area contributed by atoms with Crippen LogP contribution in [-0.2, 0) is 10.3 Å². The van der Waals surface area contributed by atoms with Crippen LogP contribution in [0.3, 0.4) is 0 Å². The first-order valence-electron chi connectivity index (χ1n) is 6.24. The van der Waals surface area contributed by atoms with Gasteiger partial charge in [-0.05, 0) is 41.9 Å². The molecule has 4 nitrogen and oxygen atoms in total. The van der Waals surface area contributed by atoms with E-state index in [4.69, 9.17) is 9.47 Å². The van der Waals surface area contributed by atoms with Crippen LogP contribution in [-0.4, -0.2) is 18.1 Å². The molecule has 0 aliphatic carbocycles. The number of fused-ring (bicyclic) bond motifs is 3. The van der Waals surface area contributed by atoms with Crippen molar-refractivity contribution in [2.75, 3.05) is 7.11 Å². The highest BCUT2D eigenvalue weighted by Gasteiger charge is 2.38. The lowest BCUT2D eigenvalue weighted by atomic mass is 9.91. The number of carbonyl (C=O) groups is 1. The summed E-state index contributed by atoms with van der Waals surface area (Å²) >= 11 is 3.49. The summed E-state index contributed by atoms with van der Waals surface area (Å²) in [6.45, 7) is 3.95. The van der Waals surface area contributed by atoms with E-state index in [9.17, 15) is 4.79 Å². The standard InChI is InChI=1S/C15H14BrNO3/c1-15(2)10-11(16)13(14(18)19-3)17-12(10)8-6-4-5-7-9(8)20-15/h4-7,17H,1-3H3. The van der Waals surface area contributed by atoms with Crippen molar-refractivity contribution in [3.63, 3.8) is 0 Å². The van der Waals surface area contributed by atoms with Gasteiger partial charge in [-0.15, -0.1) is 0 Å². The average Bonchev–Trinajstić information content (AvgIpc) is 2.76. The number of aromatic nitrogens is 1. The Kier molecular flexibility index (Phi) is 2.90. The van der Waals surface area contributed by atoms with Gasteiger partial charge in [0.1, 0.15) is 17.0 Å². The van der Waals surface area contributed by atoms with E-state index in [0.29, 0.717) is 10.2 Å². The number of methoxy groups -OCH3 is 1. The molecular weight excluding hydrogens is 322 g/mol. The molecule has 0 spiro atoms. The third-order valence-electron chi connectivity index (χ3n) is 3.45. The van der Waals surface area contributed by atoms with E-state index in [1.165, 1.54) is 7.11 Å². The lowest BCUT2D eigenvalue weighted by Gasteiger charge is -2.33. The highest BCUT2D eigenvalue weighted by molar-refractivity contribution is 9.10. The molecule has 0 fully saturated rings. The van der Waals surface area contributed by atoms with Gasteiger partial charge in [-0.25, -0.2) is 4.79 Å². The Morgan fingerprint density at radius 1 is 1.35 bits per heavy atom. The number of benzene rings is 1. The van der Waals surface area contributed by atoms with E-state index in [1.807, 2.05) is 38.1 Å². The molecule has 0 saturated heterocycles. The molecular formula is C15H14BrNO3. The molecule has 1 aromatic heterocycles. The van der Waals surface area contributed by atoms with Gasteiger partial charge in [0.15, 0.2) is 0 Å². The predicted octanol–water partition coefficient (Wildman–Crippen LogP) is 3.86. The lowest BCUT2D eigenvalue weighted by Crippen LogP contribution is -2.29. The number of carbonyl (C=O) groups excluding carboxylic acids is 1. The van der Waals surface area contributed by atoms with Crippen LogP contribution in [0.1, 0.15) is 29.9 Å². The number of rotatable bonds is 1. The third kappa shape index (κ3) is 1.77. The molecule has 0 saturated carbocycles. The first-order valence-corrected chi connectivity index (χ1v) is 7.03. The summed E-state index contributed by atoms with van der Waals surface area (Å²) in [5.74, 6) is 0.398. The maximum Gasteiger partial charge on any atom is 0.355 e. The van der Waals surface area contributed by atoms with E-state index < -0.39 is 11.6 Å². The highest BCUT2D eigenvalue weighted by Crippen LogP contribution is 2.48. The normalized spacial score (nSPS) is 15.0. The van der Waals surface area contributed by atoms with Crippen molar-refractivity contribution in [3.8, 4) is 17.0 Å². The minimum absolute atomic E-state index is 0.403. The van der Waals surface area contributed by atoms with Crippen LogP contribution >= 0.6 is 15.9 Å². The van der Waals surface area contributed by atoms with Crippen LogP contribution in [0.25, 0.3) is 11.3 Å². The Morgan fingerprint density at radius 2 is 2.05 bits per heavy atom. The fraction of sp³-hybridized carbons (Fsp3) is 0.267. The van der Waals surface area contributed by atoms with Crippen LogP contribution in [0.4, 0.5) is 0 Å². The van der Waals surface area contributed by atoms with Crippen LogP contribution in [0, 0.1) is 0 Å². The number of hydrogen-bond acceptors (Lipinski definition) is 3. The number of aromatic amines is 1. The van der Waals surface area contributed by atoms with Gasteiger partial charge in [-0.2, -0.15) is 0 Å². The fourth-order valence-electron chi connectivity index (χ4n) is 2.58. The summed E-state index contributed by atoms with van der Waals surface area (Å²) in [7, 11) is 1.37. The number of hydrogen-bond donors (Lipinski definition) is 1. The van der Waals surface area contributed by atoms with E-state index in [1.54, 1.807) is 0 Å². The molecule has 5 heteroatoms. The van der Waals surface area contributed by atoms with E-state index in [-0.39, 0.29) is 0 Å². The molecule has 2 aromatic rings. The zero-order chi connectivity index (χ0) is 14.5. The number of nitrogens with one attached hydrogen (secondary N) is 1. The quantitative estimate of drug-likeness (QED) is 0.805. The Hall–Kier alpha value is -1.75. The molecule has 3 rings (SSSR count). The topological polar surface area (TPSA) is 51.3 Å². The molecule has 1 aliphatic heterocycles. The second-order valence-corrected chi connectivity index (χ2v) is 5.96. The number of esters is 1. The van der Waals surface area contributed by atoms with Gasteiger partial charge in [0, 0.05) is 11.1 Å². The SMILES string of the molecule is COC(=O)c1[nH]c2c(c1Br)C(C)(C)Oc1ccccc1-2. The number of para-hydroxylation sites is 1. The van der Waals surface area contributed by atoms with Gasteiger partial charge in [-0.1, -0.05) is 12.1 Å². The molecule has 0 bridgehead atoms. The van der Waals surface area contributed by atoms with Gasteiger partial charge in [0.25, 0.3) is 0 Å². The molecule has 0 amide bonds. The molecule has 104 valence electrons. The van der Waals surface area contributed by atoms with Gasteiger partial charge in [0.2, 0.25) is 0 Å². The Bertz CT molecular complexity index is 703. The van der Waals surface area contributed by atoms with Crippen molar-refractivity contribution in [1.82, 2.24) is 4.98 Å². The summed E-state index contributed by atoms with van der Waals surface area (Å²) in [6.07, 6.45) is 0. The average molecular weight is 336 g/mol. The summed E-state index contributed by atoms with van der Waals surface area (Å²) in [6, 6.07) is 7.76. The first kappa shape index (κ1) is 13.2. The molecule has 2 heterocycles. The van der Waals surface area contributed by atoms with E-state index in [2.05, 4.69) is 20.9 Å². The third-order valence-corrected chi connectivity index (χ3v) is 4.25. The molecule has 0 unspecified atom stereocenters. The van der Waals surface area contributed by atoms with Crippen LogP contribution in [0.15, 0.2) is 28.7 Å². The highest BCUT2D eigenvalue weighted by atomic mass is 79.9. The fourth-order valence-corrected chi connectivity index (χ4v) is 3.51. The van der Waals surface area contributed by atoms with Gasteiger partial charge >= 0.3 is 5.97 Å². The molecule has 0 radical (unpaired) electrons. The number of halogens is 1. The number of H-pyrrole nitrogens is 1. The predicted molar refractivity (Wildman–Crippen MR) is 78.9 cm³/mol. The second-order valence-electron chi connectivity index (χ2n) is 5.16. The van der Waals surface area contributed by atoms with Gasteiger partial charge < -0.3 is 14.5 Å². The first-order chi connectivity index (χ1) is 9.45. The molecule has 1 aromatic carbocycles. The van der Waals surface area contributed by atoms with Crippen molar-refractivity contribution >= 4 is 21.9 Å². The minimum Gasteiger partial charge on any atom is -0.482 e. The Morgan fingerprint density at radius 3 is 2.75 bits per heavy atom. The minimum atomic E-state index is -0.536. The van der Waals surface area contributed by atoms with Gasteiger partial charge in [-0.3, -0.25) is 0 Å². The molecule has 1 N–H and O–H groups in total. The zero-order valence-electron chi connectivity index (χ0n) is 11.4. The maximum absolute atomic E-state index is 11.9. The smallest absolute Gasteiger partial charge is 0.355 e. The van der Waals surface area contributed by atoms with Crippen molar-refractivity contribution in [2.24, 2.45) is 0 Å². The second kappa shape index (κ2) is 4.38. The van der Waals surface area contributed by atoms with Gasteiger partial charge in [0.05, 0.1) is 17.3 Å². The van der Waals surface area contributed by atoms with Crippen LogP contribution in [0.5, 0.6) is 5.75 Å².